The van der Waals surface area contributed by atoms with E-state index in [2.05, 4.69) is 0 Å². The molecule has 3 heteroatoms. The molecule has 0 aliphatic heterocycles. The van der Waals surface area contributed by atoms with Crippen LogP contribution in [0.25, 0.3) is 10.8 Å². The molecule has 0 saturated heterocycles. The Hall–Kier alpha value is -1.58. The van der Waals surface area contributed by atoms with Gasteiger partial charge < -0.3 is 15.9 Å². The SMILES string of the molecule is CCC(C)[C@@H](O)[C@@H](N)c1ccc2cc(O)ccc2c1. The fourth-order valence-electron chi connectivity index (χ4n) is 2.25. The van der Waals surface area contributed by atoms with Crippen LogP contribution in [0.2, 0.25) is 0 Å². The predicted molar refractivity (Wildman–Crippen MR) is 78.0 cm³/mol. The molecule has 0 saturated carbocycles. The molecule has 19 heavy (non-hydrogen) atoms. The van der Waals surface area contributed by atoms with E-state index in [9.17, 15) is 10.2 Å². The normalized spacial score (nSPS) is 16.2. The maximum atomic E-state index is 10.2. The Bertz CT molecular complexity index is 568. The van der Waals surface area contributed by atoms with Crippen LogP contribution in [0.5, 0.6) is 5.75 Å². The zero-order valence-corrected chi connectivity index (χ0v) is 11.4. The van der Waals surface area contributed by atoms with Crippen LogP contribution in [0.15, 0.2) is 36.4 Å². The molecule has 0 radical (unpaired) electrons. The zero-order chi connectivity index (χ0) is 14.0. The van der Waals surface area contributed by atoms with E-state index >= 15 is 0 Å². The summed E-state index contributed by atoms with van der Waals surface area (Å²) in [6.45, 7) is 4.05. The summed E-state index contributed by atoms with van der Waals surface area (Å²) in [7, 11) is 0. The van der Waals surface area contributed by atoms with Gasteiger partial charge in [-0.3, -0.25) is 0 Å². The van der Waals surface area contributed by atoms with Crippen LogP contribution >= 0.6 is 0 Å². The summed E-state index contributed by atoms with van der Waals surface area (Å²) >= 11 is 0. The van der Waals surface area contributed by atoms with Crippen molar-refractivity contribution in [1.82, 2.24) is 0 Å². The van der Waals surface area contributed by atoms with E-state index in [1.54, 1.807) is 12.1 Å². The summed E-state index contributed by atoms with van der Waals surface area (Å²) in [5, 5.41) is 21.6. The number of hydrogen-bond acceptors (Lipinski definition) is 3. The summed E-state index contributed by atoms with van der Waals surface area (Å²) in [5.74, 6) is 0.426. The van der Waals surface area contributed by atoms with Gasteiger partial charge in [0.25, 0.3) is 0 Å². The highest BCUT2D eigenvalue weighted by atomic mass is 16.3. The predicted octanol–water partition coefficient (Wildman–Crippen LogP) is 2.95. The van der Waals surface area contributed by atoms with Crippen molar-refractivity contribution in [1.29, 1.82) is 0 Å². The zero-order valence-electron chi connectivity index (χ0n) is 11.4. The van der Waals surface area contributed by atoms with Gasteiger partial charge in [-0.1, -0.05) is 38.5 Å². The van der Waals surface area contributed by atoms with Crippen LogP contribution in [-0.4, -0.2) is 16.3 Å². The summed E-state index contributed by atoms with van der Waals surface area (Å²) in [6, 6.07) is 10.7. The molecule has 2 aromatic rings. The molecule has 0 aliphatic rings. The molecule has 2 rings (SSSR count). The number of nitrogens with two attached hydrogens (primary N) is 1. The maximum absolute atomic E-state index is 10.2. The van der Waals surface area contributed by atoms with Crippen molar-refractivity contribution in [2.24, 2.45) is 11.7 Å². The van der Waals surface area contributed by atoms with E-state index in [1.165, 1.54) is 0 Å². The molecule has 0 fully saturated rings. The quantitative estimate of drug-likeness (QED) is 0.791. The van der Waals surface area contributed by atoms with Crippen LogP contribution in [-0.2, 0) is 0 Å². The smallest absolute Gasteiger partial charge is 0.116 e. The number of aliphatic hydroxyl groups is 1. The minimum Gasteiger partial charge on any atom is -0.508 e. The van der Waals surface area contributed by atoms with Crippen LogP contribution < -0.4 is 5.73 Å². The van der Waals surface area contributed by atoms with E-state index < -0.39 is 6.10 Å². The molecule has 0 bridgehead atoms. The highest BCUT2D eigenvalue weighted by Crippen LogP contribution is 2.26. The Labute approximate surface area is 113 Å². The van der Waals surface area contributed by atoms with Gasteiger partial charge in [-0.05, 0) is 40.5 Å². The summed E-state index contributed by atoms with van der Waals surface area (Å²) < 4.78 is 0. The summed E-state index contributed by atoms with van der Waals surface area (Å²) in [4.78, 5) is 0. The molecule has 0 spiro atoms. The Morgan fingerprint density at radius 2 is 1.74 bits per heavy atom. The Morgan fingerprint density at radius 3 is 2.42 bits per heavy atom. The number of aliphatic hydroxyl groups excluding tert-OH is 1. The van der Waals surface area contributed by atoms with Gasteiger partial charge in [0, 0.05) is 0 Å². The average molecular weight is 259 g/mol. The fourth-order valence-corrected chi connectivity index (χ4v) is 2.25. The third kappa shape index (κ3) is 2.88. The molecule has 3 atom stereocenters. The Balaban J connectivity index is 2.32. The third-order valence-electron chi connectivity index (χ3n) is 3.83. The van der Waals surface area contributed by atoms with Crippen LogP contribution in [0.4, 0.5) is 0 Å². The van der Waals surface area contributed by atoms with E-state index in [0.29, 0.717) is 0 Å². The van der Waals surface area contributed by atoms with Crippen molar-refractivity contribution in [3.05, 3.63) is 42.0 Å². The van der Waals surface area contributed by atoms with Gasteiger partial charge in [-0.15, -0.1) is 0 Å². The van der Waals surface area contributed by atoms with Gasteiger partial charge >= 0.3 is 0 Å². The van der Waals surface area contributed by atoms with Gasteiger partial charge in [0.05, 0.1) is 12.1 Å². The van der Waals surface area contributed by atoms with Gasteiger partial charge in [0.2, 0.25) is 0 Å². The molecule has 0 aromatic heterocycles. The van der Waals surface area contributed by atoms with Crippen LogP contribution in [0, 0.1) is 5.92 Å². The number of hydrogen-bond donors (Lipinski definition) is 3. The largest absolute Gasteiger partial charge is 0.508 e. The minimum absolute atomic E-state index is 0.172. The van der Waals surface area contributed by atoms with Crippen molar-refractivity contribution in [3.63, 3.8) is 0 Å². The van der Waals surface area contributed by atoms with Crippen molar-refractivity contribution in [2.45, 2.75) is 32.4 Å². The molecule has 0 heterocycles. The van der Waals surface area contributed by atoms with Crippen molar-refractivity contribution in [2.75, 3.05) is 0 Å². The van der Waals surface area contributed by atoms with Gasteiger partial charge in [0.1, 0.15) is 5.75 Å². The van der Waals surface area contributed by atoms with Crippen molar-refractivity contribution >= 4 is 10.8 Å². The monoisotopic (exact) mass is 259 g/mol. The van der Waals surface area contributed by atoms with Gasteiger partial charge in [0.15, 0.2) is 0 Å². The number of benzene rings is 2. The highest BCUT2D eigenvalue weighted by Gasteiger charge is 2.21. The van der Waals surface area contributed by atoms with Crippen molar-refractivity contribution < 1.29 is 10.2 Å². The molecule has 102 valence electrons. The number of phenols is 1. The minimum atomic E-state index is -0.542. The standard InChI is InChI=1S/C16H21NO2/c1-3-10(2)16(19)15(17)13-5-4-12-9-14(18)7-6-11(12)8-13/h4-10,15-16,18-19H,3,17H2,1-2H3/t10?,15-,16+/m0/s1. The number of phenolic OH excluding ortho intramolecular Hbond substituents is 1. The lowest BCUT2D eigenvalue weighted by atomic mass is 9.90. The van der Waals surface area contributed by atoms with E-state index in [4.69, 9.17) is 5.73 Å². The summed E-state index contributed by atoms with van der Waals surface area (Å²) in [5.41, 5.74) is 7.06. The van der Waals surface area contributed by atoms with Gasteiger partial charge in [-0.2, -0.15) is 0 Å². The number of rotatable bonds is 4. The maximum Gasteiger partial charge on any atom is 0.116 e. The fraction of sp³-hybridized carbons (Fsp3) is 0.375. The molecule has 4 N–H and O–H groups in total. The lowest BCUT2D eigenvalue weighted by molar-refractivity contribution is 0.0880. The van der Waals surface area contributed by atoms with Crippen molar-refractivity contribution in [3.8, 4) is 5.75 Å². The topological polar surface area (TPSA) is 66.5 Å². The molecule has 1 unspecified atom stereocenters. The third-order valence-corrected chi connectivity index (χ3v) is 3.83. The second kappa shape index (κ2) is 5.59. The lowest BCUT2D eigenvalue weighted by Gasteiger charge is -2.24. The Kier molecular flexibility index (Phi) is 4.08. The second-order valence-corrected chi connectivity index (χ2v) is 5.19. The van der Waals surface area contributed by atoms with Gasteiger partial charge in [-0.25, -0.2) is 0 Å². The lowest BCUT2D eigenvalue weighted by Crippen LogP contribution is -2.31. The van der Waals surface area contributed by atoms with E-state index in [1.807, 2.05) is 38.1 Å². The summed E-state index contributed by atoms with van der Waals surface area (Å²) in [6.07, 6.45) is 0.357. The average Bonchev–Trinajstić information content (AvgIpc) is 2.44. The molecule has 2 aromatic carbocycles. The number of aromatic hydroxyl groups is 1. The molecule has 0 aliphatic carbocycles. The Morgan fingerprint density at radius 1 is 1.11 bits per heavy atom. The van der Waals surface area contributed by atoms with Crippen LogP contribution in [0.1, 0.15) is 31.9 Å². The molecule has 3 nitrogen and oxygen atoms in total. The first-order valence-electron chi connectivity index (χ1n) is 6.69. The van der Waals surface area contributed by atoms with Crippen LogP contribution in [0.3, 0.4) is 0 Å². The second-order valence-electron chi connectivity index (χ2n) is 5.19. The number of fused-ring (bicyclic) bond motifs is 1. The molecule has 0 amide bonds. The van der Waals surface area contributed by atoms with E-state index in [-0.39, 0.29) is 17.7 Å². The highest BCUT2D eigenvalue weighted by molar-refractivity contribution is 5.84. The first kappa shape index (κ1) is 13.8. The molecular formula is C16H21NO2. The molecular weight excluding hydrogens is 238 g/mol. The van der Waals surface area contributed by atoms with E-state index in [0.717, 1.165) is 22.8 Å². The first-order chi connectivity index (χ1) is 9.02. The first-order valence-corrected chi connectivity index (χ1v) is 6.69.